The van der Waals surface area contributed by atoms with Gasteiger partial charge in [-0.3, -0.25) is 0 Å². The highest BCUT2D eigenvalue weighted by molar-refractivity contribution is 7.84. The predicted molar refractivity (Wildman–Crippen MR) is 41.4 cm³/mol. The van der Waals surface area contributed by atoms with Gasteiger partial charge in [0.05, 0.1) is 0 Å². The Bertz CT molecular complexity index is 68.8. The first kappa shape index (κ1) is 7.12. The van der Waals surface area contributed by atoms with Crippen molar-refractivity contribution in [2.45, 2.75) is 18.2 Å². The topological polar surface area (TPSA) is 0 Å². The highest BCUT2D eigenvalue weighted by Crippen LogP contribution is 2.47. The average Bonchev–Trinajstić information content (AvgIpc) is 1.64. The summed E-state index contributed by atoms with van der Waals surface area (Å²) in [5.74, 6) is 0. The van der Waals surface area contributed by atoms with Gasteiger partial charge in [-0.05, 0) is 32.4 Å². The van der Waals surface area contributed by atoms with Gasteiger partial charge < -0.3 is 0 Å². The van der Waals surface area contributed by atoms with Gasteiger partial charge in [-0.2, -0.15) is 0 Å². The SMILES string of the molecule is ClC1CCCP(Cl)C1. The van der Waals surface area contributed by atoms with Crippen LogP contribution in [0.2, 0.25) is 0 Å². The van der Waals surface area contributed by atoms with Crippen molar-refractivity contribution in [1.82, 2.24) is 0 Å². The van der Waals surface area contributed by atoms with E-state index in [1.165, 1.54) is 19.0 Å². The van der Waals surface area contributed by atoms with Crippen molar-refractivity contribution in [1.29, 1.82) is 0 Å². The second-order valence-corrected chi connectivity index (χ2v) is 5.90. The molecule has 0 aromatic rings. The van der Waals surface area contributed by atoms with Crippen molar-refractivity contribution < 1.29 is 0 Å². The molecule has 0 aromatic carbocycles. The quantitative estimate of drug-likeness (QED) is 0.388. The van der Waals surface area contributed by atoms with Crippen molar-refractivity contribution >= 4 is 30.1 Å². The van der Waals surface area contributed by atoms with Crippen LogP contribution < -0.4 is 0 Å². The summed E-state index contributed by atoms with van der Waals surface area (Å²) < 4.78 is 0. The van der Waals surface area contributed by atoms with E-state index in [1.807, 2.05) is 0 Å². The summed E-state index contributed by atoms with van der Waals surface area (Å²) in [6.07, 6.45) is 4.70. The maximum absolute atomic E-state index is 5.89. The number of hydrogen-bond donors (Lipinski definition) is 0. The molecule has 2 atom stereocenters. The van der Waals surface area contributed by atoms with Crippen LogP contribution in [0.1, 0.15) is 12.8 Å². The number of alkyl halides is 1. The van der Waals surface area contributed by atoms with Crippen LogP contribution in [-0.4, -0.2) is 17.7 Å². The highest BCUT2D eigenvalue weighted by atomic mass is 35.7. The molecule has 1 fully saturated rings. The first-order chi connectivity index (χ1) is 3.79. The monoisotopic (exact) mass is 170 g/mol. The van der Waals surface area contributed by atoms with Crippen LogP contribution in [-0.2, 0) is 0 Å². The van der Waals surface area contributed by atoms with Gasteiger partial charge in [0, 0.05) is 5.38 Å². The van der Waals surface area contributed by atoms with Crippen LogP contribution in [0.4, 0.5) is 0 Å². The van der Waals surface area contributed by atoms with Crippen LogP contribution in [0.3, 0.4) is 0 Å². The van der Waals surface area contributed by atoms with E-state index < -0.39 is 0 Å². The van der Waals surface area contributed by atoms with E-state index in [0.717, 1.165) is 6.16 Å². The molecule has 0 spiro atoms. The van der Waals surface area contributed by atoms with Crippen LogP contribution in [0, 0.1) is 0 Å². The van der Waals surface area contributed by atoms with Gasteiger partial charge in [-0.25, -0.2) is 0 Å². The highest BCUT2D eigenvalue weighted by Gasteiger charge is 2.16. The molecule has 1 aliphatic heterocycles. The van der Waals surface area contributed by atoms with E-state index in [9.17, 15) is 0 Å². The summed E-state index contributed by atoms with van der Waals surface area (Å²) in [5.41, 5.74) is 0. The molecule has 8 heavy (non-hydrogen) atoms. The van der Waals surface area contributed by atoms with Crippen molar-refractivity contribution in [3.8, 4) is 0 Å². The van der Waals surface area contributed by atoms with Crippen molar-refractivity contribution in [3.05, 3.63) is 0 Å². The summed E-state index contributed by atoms with van der Waals surface area (Å²) >= 11 is 11.7. The predicted octanol–water partition coefficient (Wildman–Crippen LogP) is 3.02. The fourth-order valence-corrected chi connectivity index (χ4v) is 3.93. The third-order valence-electron chi connectivity index (χ3n) is 1.31. The normalized spacial score (nSPS) is 39.8. The van der Waals surface area contributed by atoms with Gasteiger partial charge in [0.15, 0.2) is 0 Å². The minimum Gasteiger partial charge on any atom is -0.123 e. The fourth-order valence-electron chi connectivity index (χ4n) is 0.882. The Hall–Kier alpha value is 1.01. The molecule has 1 heterocycles. The second kappa shape index (κ2) is 3.25. The standard InChI is InChI=1S/C5H9Cl2P/c6-5-2-1-3-8(7)4-5/h5H,1-4H2. The van der Waals surface area contributed by atoms with Crippen molar-refractivity contribution in [2.24, 2.45) is 0 Å². The molecule has 2 unspecified atom stereocenters. The molecule has 0 bridgehead atoms. The van der Waals surface area contributed by atoms with Crippen molar-refractivity contribution in [3.63, 3.8) is 0 Å². The summed E-state index contributed by atoms with van der Waals surface area (Å²) in [6.45, 7) is 0. The fraction of sp³-hybridized carbons (Fsp3) is 1.00. The Kier molecular flexibility index (Phi) is 2.89. The van der Waals surface area contributed by atoms with Crippen molar-refractivity contribution in [2.75, 3.05) is 12.3 Å². The zero-order valence-electron chi connectivity index (χ0n) is 4.61. The first-order valence-corrected chi connectivity index (χ1v) is 5.89. The van der Waals surface area contributed by atoms with E-state index in [0.29, 0.717) is 5.38 Å². The lowest BCUT2D eigenvalue weighted by atomic mass is 10.3. The van der Waals surface area contributed by atoms with Crippen LogP contribution >= 0.6 is 30.1 Å². The van der Waals surface area contributed by atoms with Gasteiger partial charge in [0.25, 0.3) is 0 Å². The maximum atomic E-state index is 5.89. The Balaban J connectivity index is 2.23. The molecule has 0 radical (unpaired) electrons. The van der Waals surface area contributed by atoms with Gasteiger partial charge in [-0.15, -0.1) is 11.6 Å². The average molecular weight is 171 g/mol. The number of rotatable bonds is 0. The lowest BCUT2D eigenvalue weighted by Crippen LogP contribution is -2.09. The van der Waals surface area contributed by atoms with E-state index >= 15 is 0 Å². The van der Waals surface area contributed by atoms with Crippen LogP contribution in [0.5, 0.6) is 0 Å². The van der Waals surface area contributed by atoms with Crippen LogP contribution in [0.15, 0.2) is 0 Å². The summed E-state index contributed by atoms with van der Waals surface area (Å²) in [4.78, 5) is 0. The molecule has 1 rings (SSSR count). The molecule has 3 heteroatoms. The van der Waals surface area contributed by atoms with E-state index in [2.05, 4.69) is 0 Å². The zero-order chi connectivity index (χ0) is 5.98. The lowest BCUT2D eigenvalue weighted by molar-refractivity contribution is 0.765. The molecular formula is C5H9Cl2P. The summed E-state index contributed by atoms with van der Waals surface area (Å²) in [7, 11) is -0.191. The van der Waals surface area contributed by atoms with Gasteiger partial charge >= 0.3 is 0 Å². The van der Waals surface area contributed by atoms with Crippen LogP contribution in [0.25, 0.3) is 0 Å². The zero-order valence-corrected chi connectivity index (χ0v) is 7.02. The Morgan fingerprint density at radius 1 is 1.50 bits per heavy atom. The lowest BCUT2D eigenvalue weighted by Gasteiger charge is -2.19. The second-order valence-electron chi connectivity index (χ2n) is 2.11. The summed E-state index contributed by atoms with van der Waals surface area (Å²) in [6, 6.07) is 0. The van der Waals surface area contributed by atoms with Gasteiger partial charge in [0.1, 0.15) is 0 Å². The first-order valence-electron chi connectivity index (χ1n) is 2.84. The summed E-state index contributed by atoms with van der Waals surface area (Å²) in [5, 5.41) is 0.382. The minimum absolute atomic E-state index is 0.191. The molecule has 0 N–H and O–H groups in total. The molecular weight excluding hydrogens is 162 g/mol. The maximum Gasteiger partial charge on any atom is 0.0386 e. The molecule has 0 saturated carbocycles. The van der Waals surface area contributed by atoms with Gasteiger partial charge in [0.2, 0.25) is 0 Å². The minimum atomic E-state index is -0.191. The largest absolute Gasteiger partial charge is 0.123 e. The molecule has 0 nitrogen and oxygen atoms in total. The molecule has 0 aliphatic carbocycles. The van der Waals surface area contributed by atoms with Gasteiger partial charge in [-0.1, -0.05) is 11.2 Å². The Morgan fingerprint density at radius 3 is 2.62 bits per heavy atom. The Labute approximate surface area is 61.1 Å². The molecule has 1 aliphatic rings. The molecule has 1 saturated heterocycles. The molecule has 0 aromatic heterocycles. The molecule has 0 amide bonds. The smallest absolute Gasteiger partial charge is 0.0386 e. The third kappa shape index (κ3) is 2.09. The van der Waals surface area contributed by atoms with E-state index in [1.54, 1.807) is 0 Å². The third-order valence-corrected chi connectivity index (χ3v) is 4.46. The van der Waals surface area contributed by atoms with E-state index in [-0.39, 0.29) is 7.27 Å². The molecule has 48 valence electrons. The number of halogens is 2. The number of hydrogen-bond acceptors (Lipinski definition) is 0. The Morgan fingerprint density at radius 2 is 2.25 bits per heavy atom. The van der Waals surface area contributed by atoms with E-state index in [4.69, 9.17) is 22.8 Å².